The molecule has 0 aliphatic carbocycles. The van der Waals surface area contributed by atoms with Crippen molar-refractivity contribution in [2.45, 2.75) is 81.8 Å². The van der Waals surface area contributed by atoms with Crippen molar-refractivity contribution in [3.05, 3.63) is 49.4 Å². The van der Waals surface area contributed by atoms with Crippen molar-refractivity contribution in [1.29, 1.82) is 0 Å². The molecule has 30 heavy (non-hydrogen) atoms. The van der Waals surface area contributed by atoms with Crippen LogP contribution in [0, 0.1) is 34.6 Å². The van der Waals surface area contributed by atoms with Crippen LogP contribution in [0.5, 0.6) is 0 Å². The van der Waals surface area contributed by atoms with Gasteiger partial charge in [-0.1, -0.05) is 7.43 Å². The summed E-state index contributed by atoms with van der Waals surface area (Å²) < 4.78 is 4.94. The van der Waals surface area contributed by atoms with Crippen molar-refractivity contribution < 1.29 is 0 Å². The Labute approximate surface area is 178 Å². The quantitative estimate of drug-likeness (QED) is 0.635. The van der Waals surface area contributed by atoms with E-state index >= 15 is 0 Å². The van der Waals surface area contributed by atoms with Crippen molar-refractivity contribution in [2.24, 2.45) is 7.05 Å². The summed E-state index contributed by atoms with van der Waals surface area (Å²) in [6.07, 6.45) is 0. The highest BCUT2D eigenvalue weighted by Crippen LogP contribution is 2.20. The summed E-state index contributed by atoms with van der Waals surface area (Å²) in [4.78, 5) is 36.6. The van der Waals surface area contributed by atoms with E-state index in [9.17, 15) is 9.59 Å². The molecule has 0 amide bonds. The van der Waals surface area contributed by atoms with Crippen molar-refractivity contribution in [2.75, 3.05) is 0 Å². The molecular formula is C22H36N6O2. The van der Waals surface area contributed by atoms with Gasteiger partial charge in [0.25, 0.3) is 5.56 Å². The number of rotatable bonds is 2. The fraction of sp³-hybridized carbons (Fsp3) is 0.591. The van der Waals surface area contributed by atoms with Gasteiger partial charge in [-0.15, -0.1) is 0 Å². The minimum atomic E-state index is -0.242. The molecule has 3 aromatic rings. The number of imidazole rings is 1. The number of aromatic nitrogens is 6. The first-order valence-electron chi connectivity index (χ1n) is 9.86. The molecule has 0 aromatic carbocycles. The lowest BCUT2D eigenvalue weighted by atomic mass is 10.2. The van der Waals surface area contributed by atoms with Crippen LogP contribution in [0.2, 0.25) is 0 Å². The molecule has 0 aliphatic heterocycles. The van der Waals surface area contributed by atoms with Gasteiger partial charge in [-0.25, -0.2) is 19.7 Å². The molecule has 0 N–H and O–H groups in total. The average molecular weight is 417 g/mol. The molecule has 3 aromatic heterocycles. The van der Waals surface area contributed by atoms with E-state index in [1.54, 1.807) is 18.4 Å². The fourth-order valence-corrected chi connectivity index (χ4v) is 3.56. The van der Waals surface area contributed by atoms with Gasteiger partial charge in [0.15, 0.2) is 5.65 Å². The standard InChI is InChI=1S/C11H16N4.C10H16N2O2.CH4/c1-6(2)15-9(5)14-10-7(3)12-8(4)13-11(10)15;1-6(2)12-8(4)7(3)9(13)11(5)10(12)14;/h6H,1-5H3;6H,1-5H3;1H4. The summed E-state index contributed by atoms with van der Waals surface area (Å²) in [6.45, 7) is 17.6. The molecule has 0 atom stereocenters. The lowest BCUT2D eigenvalue weighted by molar-refractivity contribution is 0.514. The SMILES string of the molecule is C.Cc1c(C)n(C(C)C)c(=O)n(C)c1=O.Cc1nc(C)c2nc(C)n(C(C)C)c2n1. The van der Waals surface area contributed by atoms with Crippen LogP contribution in [0.15, 0.2) is 9.59 Å². The van der Waals surface area contributed by atoms with Crippen molar-refractivity contribution in [1.82, 2.24) is 28.7 Å². The van der Waals surface area contributed by atoms with E-state index in [4.69, 9.17) is 0 Å². The molecule has 0 bridgehead atoms. The maximum atomic E-state index is 11.7. The van der Waals surface area contributed by atoms with E-state index in [-0.39, 0.29) is 24.7 Å². The third-order valence-corrected chi connectivity index (χ3v) is 5.06. The minimum absolute atomic E-state index is 0. The third-order valence-electron chi connectivity index (χ3n) is 5.06. The molecule has 0 saturated heterocycles. The molecule has 0 aliphatic rings. The highest BCUT2D eigenvalue weighted by molar-refractivity contribution is 5.74. The van der Waals surface area contributed by atoms with Crippen molar-refractivity contribution in [3.63, 3.8) is 0 Å². The maximum absolute atomic E-state index is 11.7. The molecule has 0 radical (unpaired) electrons. The Bertz CT molecular complexity index is 1170. The molecule has 0 saturated carbocycles. The molecular weight excluding hydrogens is 380 g/mol. The number of aryl methyl sites for hydroxylation is 3. The highest BCUT2D eigenvalue weighted by atomic mass is 16.2. The Morgan fingerprint density at radius 1 is 0.800 bits per heavy atom. The molecule has 8 nitrogen and oxygen atoms in total. The smallest absolute Gasteiger partial charge is 0.310 e. The Morgan fingerprint density at radius 3 is 1.83 bits per heavy atom. The summed E-state index contributed by atoms with van der Waals surface area (Å²) in [5.41, 5.74) is 3.78. The predicted octanol–water partition coefficient (Wildman–Crippen LogP) is 3.71. The minimum Gasteiger partial charge on any atom is -0.310 e. The average Bonchev–Trinajstić information content (AvgIpc) is 2.95. The molecule has 0 unspecified atom stereocenters. The van der Waals surface area contributed by atoms with Crippen LogP contribution >= 0.6 is 0 Å². The van der Waals surface area contributed by atoms with Gasteiger partial charge in [0.2, 0.25) is 0 Å². The number of hydrogen-bond acceptors (Lipinski definition) is 5. The Morgan fingerprint density at radius 2 is 1.33 bits per heavy atom. The number of hydrogen-bond donors (Lipinski definition) is 0. The van der Waals surface area contributed by atoms with Gasteiger partial charge in [-0.2, -0.15) is 0 Å². The van der Waals surface area contributed by atoms with Crippen LogP contribution in [-0.2, 0) is 7.05 Å². The predicted molar refractivity (Wildman–Crippen MR) is 122 cm³/mol. The summed E-state index contributed by atoms with van der Waals surface area (Å²) >= 11 is 0. The second-order valence-corrected chi connectivity index (χ2v) is 7.97. The number of fused-ring (bicyclic) bond motifs is 1. The van der Waals surface area contributed by atoms with Crippen LogP contribution in [0.1, 0.15) is 75.8 Å². The topological polar surface area (TPSA) is 87.6 Å². The lowest BCUT2D eigenvalue weighted by Gasteiger charge is -2.16. The van der Waals surface area contributed by atoms with Crippen LogP contribution < -0.4 is 11.2 Å². The van der Waals surface area contributed by atoms with Crippen LogP contribution in [0.25, 0.3) is 11.2 Å². The third kappa shape index (κ3) is 4.52. The monoisotopic (exact) mass is 416 g/mol. The van der Waals surface area contributed by atoms with Gasteiger partial charge in [-0.3, -0.25) is 13.9 Å². The maximum Gasteiger partial charge on any atom is 0.331 e. The zero-order chi connectivity index (χ0) is 22.2. The Kier molecular flexibility index (Phi) is 7.89. The molecule has 3 heterocycles. The fourth-order valence-electron chi connectivity index (χ4n) is 3.56. The second kappa shape index (κ2) is 9.36. The van der Waals surface area contributed by atoms with Gasteiger partial charge in [-0.05, 0) is 62.3 Å². The van der Waals surface area contributed by atoms with Crippen molar-refractivity contribution in [3.8, 4) is 0 Å². The van der Waals surface area contributed by atoms with Gasteiger partial charge in [0.1, 0.15) is 17.2 Å². The zero-order valence-corrected chi connectivity index (χ0v) is 19.2. The summed E-state index contributed by atoms with van der Waals surface area (Å²) in [5, 5.41) is 0. The summed E-state index contributed by atoms with van der Waals surface area (Å²) in [5.74, 6) is 1.81. The Hall–Kier alpha value is -2.77. The summed E-state index contributed by atoms with van der Waals surface area (Å²) in [7, 11) is 1.51. The molecule has 0 spiro atoms. The highest BCUT2D eigenvalue weighted by Gasteiger charge is 2.14. The van der Waals surface area contributed by atoms with Gasteiger partial charge >= 0.3 is 5.69 Å². The second-order valence-electron chi connectivity index (χ2n) is 7.97. The first kappa shape index (κ1) is 25.3. The number of nitrogens with zero attached hydrogens (tertiary/aromatic N) is 6. The van der Waals surface area contributed by atoms with Crippen LogP contribution in [-0.4, -0.2) is 28.7 Å². The summed E-state index contributed by atoms with van der Waals surface area (Å²) in [6, 6.07) is 0.455. The lowest BCUT2D eigenvalue weighted by Crippen LogP contribution is -2.41. The van der Waals surface area contributed by atoms with E-state index in [1.807, 2.05) is 34.6 Å². The van der Waals surface area contributed by atoms with Crippen LogP contribution in [0.4, 0.5) is 0 Å². The molecule has 166 valence electrons. The van der Waals surface area contributed by atoms with Crippen LogP contribution in [0.3, 0.4) is 0 Å². The normalized spacial score (nSPS) is 10.9. The van der Waals surface area contributed by atoms with E-state index in [0.29, 0.717) is 11.6 Å². The Balaban J connectivity index is 0.000000291. The first-order valence-corrected chi connectivity index (χ1v) is 9.86. The molecule has 3 rings (SSSR count). The van der Waals surface area contributed by atoms with Gasteiger partial charge < -0.3 is 4.57 Å². The first-order chi connectivity index (χ1) is 13.4. The molecule has 0 fully saturated rings. The largest absolute Gasteiger partial charge is 0.331 e. The van der Waals surface area contributed by atoms with E-state index in [0.717, 1.165) is 38.8 Å². The van der Waals surface area contributed by atoms with Gasteiger partial charge in [0, 0.05) is 30.4 Å². The molecule has 8 heteroatoms. The van der Waals surface area contributed by atoms with Gasteiger partial charge in [0.05, 0.1) is 5.69 Å². The van der Waals surface area contributed by atoms with Crippen molar-refractivity contribution >= 4 is 11.2 Å². The van der Waals surface area contributed by atoms with E-state index in [2.05, 4.69) is 33.4 Å². The van der Waals surface area contributed by atoms with E-state index in [1.165, 1.54) is 7.05 Å². The zero-order valence-electron chi connectivity index (χ0n) is 19.2. The van der Waals surface area contributed by atoms with E-state index < -0.39 is 0 Å².